The summed E-state index contributed by atoms with van der Waals surface area (Å²) >= 11 is 0. The van der Waals surface area contributed by atoms with E-state index in [0.717, 1.165) is 11.4 Å². The van der Waals surface area contributed by atoms with Crippen molar-refractivity contribution in [2.45, 2.75) is 32.1 Å². The Morgan fingerprint density at radius 2 is 2.16 bits per heavy atom. The largest absolute Gasteiger partial charge is 0.395 e. The number of hydrogen-bond donors (Lipinski definition) is 2. The zero-order chi connectivity index (χ0) is 18.6. The molecule has 6 nitrogen and oxygen atoms in total. The number of alkyl halides is 2. The van der Waals surface area contributed by atoms with Gasteiger partial charge in [-0.25, -0.2) is 19.6 Å². The van der Waals surface area contributed by atoms with Crippen molar-refractivity contribution in [1.82, 2.24) is 9.99 Å². The van der Waals surface area contributed by atoms with Crippen LogP contribution >= 0.6 is 0 Å². The molecule has 0 saturated carbocycles. The van der Waals surface area contributed by atoms with Crippen LogP contribution in [-0.2, 0) is 11.2 Å². The summed E-state index contributed by atoms with van der Waals surface area (Å²) in [6, 6.07) is 3.56. The molecule has 0 aliphatic carbocycles. The zero-order valence-corrected chi connectivity index (χ0v) is 15.1. The maximum absolute atomic E-state index is 13.7. The first-order chi connectivity index (χ1) is 11.8. The molecule has 0 atom stereocenters. The van der Waals surface area contributed by atoms with Crippen molar-refractivity contribution in [3.8, 4) is 0 Å². The lowest BCUT2D eigenvalue weighted by molar-refractivity contribution is -0.0117. The van der Waals surface area contributed by atoms with Gasteiger partial charge in [-0.05, 0) is 25.0 Å². The van der Waals surface area contributed by atoms with Crippen LogP contribution in [0.25, 0.3) is 5.70 Å². The van der Waals surface area contributed by atoms with Gasteiger partial charge in [0.1, 0.15) is 0 Å². The van der Waals surface area contributed by atoms with Gasteiger partial charge in [0.25, 0.3) is 5.92 Å². The molecule has 0 spiro atoms. The number of hydrazine groups is 1. The number of aromatic nitrogens is 1. The minimum Gasteiger partial charge on any atom is -0.395 e. The number of nitrogens with zero attached hydrogens (tertiary/aromatic N) is 3. The van der Waals surface area contributed by atoms with Crippen LogP contribution < -0.4 is 16.5 Å². The normalized spacial score (nSPS) is 18.1. The standard InChI is InChI=1S/C17H27F2N5O/c1-4-12-14(24-9-5-8-17(18,19)11-24)7-6-13(22-12)16(20)15(10-25-3)23(2)21/h6-7H,4-5,8-11,20-21H2,1-3H3/b16-15-. The van der Waals surface area contributed by atoms with E-state index in [0.29, 0.717) is 36.5 Å². The van der Waals surface area contributed by atoms with Gasteiger partial charge < -0.3 is 20.4 Å². The van der Waals surface area contributed by atoms with E-state index in [4.69, 9.17) is 16.3 Å². The molecule has 1 aromatic heterocycles. The van der Waals surface area contributed by atoms with Crippen molar-refractivity contribution in [3.05, 3.63) is 29.2 Å². The second-order valence-electron chi connectivity index (χ2n) is 6.30. The highest BCUT2D eigenvalue weighted by atomic mass is 19.3. The van der Waals surface area contributed by atoms with Crippen LogP contribution in [0, 0.1) is 0 Å². The molecule has 0 aromatic carbocycles. The Kier molecular flexibility index (Phi) is 6.18. The Labute approximate surface area is 147 Å². The molecule has 0 amide bonds. The molecule has 8 heteroatoms. The number of ether oxygens (including phenoxy) is 1. The predicted molar refractivity (Wildman–Crippen MR) is 94.9 cm³/mol. The van der Waals surface area contributed by atoms with E-state index < -0.39 is 5.92 Å². The number of hydrogen-bond acceptors (Lipinski definition) is 6. The van der Waals surface area contributed by atoms with E-state index in [1.54, 1.807) is 25.1 Å². The lowest BCUT2D eigenvalue weighted by atomic mass is 10.1. The molecule has 25 heavy (non-hydrogen) atoms. The van der Waals surface area contributed by atoms with Crippen LogP contribution in [0.3, 0.4) is 0 Å². The molecule has 0 radical (unpaired) electrons. The smallest absolute Gasteiger partial charge is 0.265 e. The molecular formula is C17H27F2N5O. The number of methoxy groups -OCH3 is 1. The molecule has 140 valence electrons. The lowest BCUT2D eigenvalue weighted by Crippen LogP contribution is -2.43. The summed E-state index contributed by atoms with van der Waals surface area (Å²) in [4.78, 5) is 6.30. The van der Waals surface area contributed by atoms with Crippen molar-refractivity contribution in [3.63, 3.8) is 0 Å². The first-order valence-corrected chi connectivity index (χ1v) is 8.38. The van der Waals surface area contributed by atoms with E-state index in [1.165, 1.54) is 5.01 Å². The molecule has 4 N–H and O–H groups in total. The Morgan fingerprint density at radius 1 is 1.44 bits per heavy atom. The summed E-state index contributed by atoms with van der Waals surface area (Å²) < 4.78 is 32.6. The number of halogens is 2. The molecule has 0 unspecified atom stereocenters. The third-order valence-electron chi connectivity index (χ3n) is 4.31. The van der Waals surface area contributed by atoms with Gasteiger partial charge in [0.05, 0.1) is 41.6 Å². The van der Waals surface area contributed by atoms with Crippen LogP contribution in [0.2, 0.25) is 0 Å². The molecule has 1 aliphatic rings. The Balaban J connectivity index is 2.37. The van der Waals surface area contributed by atoms with E-state index >= 15 is 0 Å². The van der Waals surface area contributed by atoms with Gasteiger partial charge in [0.2, 0.25) is 0 Å². The first-order valence-electron chi connectivity index (χ1n) is 8.38. The van der Waals surface area contributed by atoms with Crippen LogP contribution in [0.5, 0.6) is 0 Å². The summed E-state index contributed by atoms with van der Waals surface area (Å²) in [5.41, 5.74) is 9.28. The van der Waals surface area contributed by atoms with Crippen LogP contribution in [0.15, 0.2) is 17.8 Å². The Morgan fingerprint density at radius 3 is 2.72 bits per heavy atom. The maximum atomic E-state index is 13.7. The molecule has 1 aromatic rings. The van der Waals surface area contributed by atoms with Gasteiger partial charge in [-0.2, -0.15) is 0 Å². The van der Waals surface area contributed by atoms with Crippen molar-refractivity contribution >= 4 is 11.4 Å². The number of nitrogens with two attached hydrogens (primary N) is 2. The predicted octanol–water partition coefficient (Wildman–Crippen LogP) is 1.96. The number of pyridine rings is 1. The van der Waals surface area contributed by atoms with Gasteiger partial charge in [0, 0.05) is 27.1 Å². The topological polar surface area (TPSA) is 80.6 Å². The monoisotopic (exact) mass is 355 g/mol. The number of aryl methyl sites for hydroxylation is 1. The summed E-state index contributed by atoms with van der Waals surface area (Å²) in [5.74, 6) is 3.15. The minimum absolute atomic E-state index is 0.0601. The SMILES string of the molecule is CCc1nc(/C(N)=C(\COC)N(C)N)ccc1N1CCCC(F)(F)C1. The average Bonchev–Trinajstić information content (AvgIpc) is 2.57. The second kappa shape index (κ2) is 7.97. The van der Waals surface area contributed by atoms with Crippen LogP contribution in [0.1, 0.15) is 31.2 Å². The molecular weight excluding hydrogens is 328 g/mol. The van der Waals surface area contributed by atoms with Gasteiger partial charge in [-0.3, -0.25) is 0 Å². The minimum atomic E-state index is -2.66. The number of rotatable bonds is 6. The summed E-state index contributed by atoms with van der Waals surface area (Å²) in [7, 11) is 3.23. The van der Waals surface area contributed by atoms with E-state index in [9.17, 15) is 8.78 Å². The van der Waals surface area contributed by atoms with Crippen LogP contribution in [0.4, 0.5) is 14.5 Å². The highest BCUT2D eigenvalue weighted by Gasteiger charge is 2.35. The quantitative estimate of drug-likeness (QED) is 0.600. The number of likely N-dealkylation sites (N-methyl/N-ethyl adjacent to an activating group) is 1. The molecule has 1 aliphatic heterocycles. The average molecular weight is 355 g/mol. The molecule has 0 bridgehead atoms. The van der Waals surface area contributed by atoms with Crippen molar-refractivity contribution in [1.29, 1.82) is 0 Å². The lowest BCUT2D eigenvalue weighted by Gasteiger charge is -2.35. The fourth-order valence-corrected chi connectivity index (χ4v) is 3.02. The molecule has 2 rings (SSSR count). The second-order valence-corrected chi connectivity index (χ2v) is 6.30. The summed E-state index contributed by atoms with van der Waals surface area (Å²) in [6.45, 7) is 2.53. The third-order valence-corrected chi connectivity index (χ3v) is 4.31. The molecule has 1 saturated heterocycles. The fourth-order valence-electron chi connectivity index (χ4n) is 3.02. The van der Waals surface area contributed by atoms with E-state index in [-0.39, 0.29) is 19.6 Å². The first kappa shape index (κ1) is 19.4. The van der Waals surface area contributed by atoms with Gasteiger partial charge in [0.15, 0.2) is 0 Å². The van der Waals surface area contributed by atoms with Crippen molar-refractivity contribution in [2.24, 2.45) is 11.6 Å². The maximum Gasteiger partial charge on any atom is 0.265 e. The van der Waals surface area contributed by atoms with Crippen molar-refractivity contribution in [2.75, 3.05) is 38.8 Å². The molecule has 2 heterocycles. The Hall–Kier alpha value is -1.93. The third kappa shape index (κ3) is 4.58. The highest BCUT2D eigenvalue weighted by Crippen LogP contribution is 2.32. The van der Waals surface area contributed by atoms with E-state index in [2.05, 4.69) is 4.98 Å². The van der Waals surface area contributed by atoms with Gasteiger partial charge in [-0.1, -0.05) is 6.92 Å². The van der Waals surface area contributed by atoms with Gasteiger partial charge in [-0.15, -0.1) is 0 Å². The molecule has 1 fully saturated rings. The van der Waals surface area contributed by atoms with Crippen molar-refractivity contribution < 1.29 is 13.5 Å². The fraction of sp³-hybridized carbons (Fsp3) is 0.588. The van der Waals surface area contributed by atoms with E-state index in [1.807, 2.05) is 13.0 Å². The summed E-state index contributed by atoms with van der Waals surface area (Å²) in [6.07, 6.45) is 1.03. The van der Waals surface area contributed by atoms with Gasteiger partial charge >= 0.3 is 0 Å². The van der Waals surface area contributed by atoms with Crippen LogP contribution in [-0.4, -0.2) is 49.8 Å². The zero-order valence-electron chi connectivity index (χ0n) is 15.1. The Bertz CT molecular complexity index is 633. The number of anilines is 1. The highest BCUT2D eigenvalue weighted by molar-refractivity contribution is 5.65. The number of piperidine rings is 1. The summed E-state index contributed by atoms with van der Waals surface area (Å²) in [5, 5.41) is 1.39.